The first-order valence-corrected chi connectivity index (χ1v) is 6.86. The van der Waals surface area contributed by atoms with Gasteiger partial charge in [0.1, 0.15) is 0 Å². The van der Waals surface area contributed by atoms with Crippen molar-refractivity contribution in [3.8, 4) is 0 Å². The Balaban J connectivity index is 1.68. The lowest BCUT2D eigenvalue weighted by atomic mass is 10.0. The first kappa shape index (κ1) is 12.3. The zero-order chi connectivity index (χ0) is 11.4. The van der Waals surface area contributed by atoms with Gasteiger partial charge in [0.15, 0.2) is 0 Å². The maximum Gasteiger partial charge on any atom is 0.0703 e. The number of rotatable bonds is 3. The molecule has 3 heteroatoms. The molecule has 2 aliphatic heterocycles. The summed E-state index contributed by atoms with van der Waals surface area (Å²) in [6, 6.07) is 0.692. The highest BCUT2D eigenvalue weighted by molar-refractivity contribution is 4.77. The van der Waals surface area contributed by atoms with Gasteiger partial charge in [-0.05, 0) is 46.1 Å². The number of hydrogen-bond donors (Lipinski definition) is 1. The van der Waals surface area contributed by atoms with Gasteiger partial charge in [-0.3, -0.25) is 0 Å². The van der Waals surface area contributed by atoms with Crippen LogP contribution in [0.1, 0.15) is 39.5 Å². The molecule has 16 heavy (non-hydrogen) atoms. The van der Waals surface area contributed by atoms with E-state index in [2.05, 4.69) is 24.1 Å². The van der Waals surface area contributed by atoms with Gasteiger partial charge < -0.3 is 15.0 Å². The average Bonchev–Trinajstić information content (AvgIpc) is 2.31. The van der Waals surface area contributed by atoms with Gasteiger partial charge in [0.25, 0.3) is 0 Å². The third kappa shape index (κ3) is 3.44. The molecular weight excluding hydrogens is 200 g/mol. The minimum atomic E-state index is 0.476. The van der Waals surface area contributed by atoms with Crippen LogP contribution in [0.15, 0.2) is 0 Å². The van der Waals surface area contributed by atoms with Crippen molar-refractivity contribution in [2.75, 3.05) is 26.2 Å². The molecule has 0 bridgehead atoms. The Morgan fingerprint density at radius 1 is 1.12 bits per heavy atom. The molecule has 94 valence electrons. The van der Waals surface area contributed by atoms with Gasteiger partial charge in [0.2, 0.25) is 0 Å². The minimum absolute atomic E-state index is 0.476. The Hall–Kier alpha value is -0.120. The average molecular weight is 226 g/mol. The Kier molecular flexibility index (Phi) is 4.62. The van der Waals surface area contributed by atoms with Crippen molar-refractivity contribution >= 4 is 0 Å². The second kappa shape index (κ2) is 5.99. The van der Waals surface area contributed by atoms with E-state index in [-0.39, 0.29) is 0 Å². The van der Waals surface area contributed by atoms with E-state index in [1.165, 1.54) is 45.3 Å². The Morgan fingerprint density at radius 3 is 2.44 bits per heavy atom. The second-order valence-corrected chi connectivity index (χ2v) is 5.43. The van der Waals surface area contributed by atoms with E-state index >= 15 is 0 Å². The summed E-state index contributed by atoms with van der Waals surface area (Å²) in [6.07, 6.45) is 5.94. The van der Waals surface area contributed by atoms with Gasteiger partial charge in [-0.2, -0.15) is 0 Å². The fourth-order valence-electron chi connectivity index (χ4n) is 2.74. The Morgan fingerprint density at radius 2 is 1.88 bits per heavy atom. The highest BCUT2D eigenvalue weighted by atomic mass is 16.5. The summed E-state index contributed by atoms with van der Waals surface area (Å²) >= 11 is 0. The van der Waals surface area contributed by atoms with Crippen molar-refractivity contribution in [2.24, 2.45) is 0 Å². The number of likely N-dealkylation sites (tertiary alicyclic amines) is 1. The van der Waals surface area contributed by atoms with Crippen molar-refractivity contribution < 1.29 is 4.74 Å². The summed E-state index contributed by atoms with van der Waals surface area (Å²) < 4.78 is 6.17. The lowest BCUT2D eigenvalue weighted by Crippen LogP contribution is -2.44. The molecule has 2 fully saturated rings. The zero-order valence-corrected chi connectivity index (χ0v) is 10.7. The van der Waals surface area contributed by atoms with Crippen molar-refractivity contribution in [3.63, 3.8) is 0 Å². The third-order valence-corrected chi connectivity index (χ3v) is 3.84. The predicted molar refractivity (Wildman–Crippen MR) is 66.7 cm³/mol. The summed E-state index contributed by atoms with van der Waals surface area (Å²) in [7, 11) is 0. The summed E-state index contributed by atoms with van der Waals surface area (Å²) in [4.78, 5) is 2.55. The number of nitrogens with zero attached hydrogens (tertiary/aromatic N) is 1. The number of piperidine rings is 2. The molecule has 0 saturated carbocycles. The Labute approximate surface area is 99.5 Å². The van der Waals surface area contributed by atoms with E-state index in [1.807, 2.05) is 0 Å². The van der Waals surface area contributed by atoms with Crippen LogP contribution >= 0.6 is 0 Å². The first-order chi connectivity index (χ1) is 7.75. The van der Waals surface area contributed by atoms with E-state index in [0.29, 0.717) is 18.2 Å². The number of hydrogen-bond acceptors (Lipinski definition) is 3. The van der Waals surface area contributed by atoms with Crippen molar-refractivity contribution in [3.05, 3.63) is 0 Å². The number of nitrogens with one attached hydrogen (secondary N) is 1. The first-order valence-electron chi connectivity index (χ1n) is 6.86. The zero-order valence-electron chi connectivity index (χ0n) is 10.7. The topological polar surface area (TPSA) is 24.5 Å². The van der Waals surface area contributed by atoms with Crippen LogP contribution in [0.3, 0.4) is 0 Å². The highest BCUT2D eigenvalue weighted by Gasteiger charge is 2.24. The number of ether oxygens (including phenoxy) is 1. The van der Waals surface area contributed by atoms with Crippen molar-refractivity contribution in [1.82, 2.24) is 10.2 Å². The molecule has 1 N–H and O–H groups in total. The van der Waals surface area contributed by atoms with E-state index in [0.717, 1.165) is 6.54 Å². The van der Waals surface area contributed by atoms with Gasteiger partial charge >= 0.3 is 0 Å². The van der Waals surface area contributed by atoms with Crippen molar-refractivity contribution in [1.29, 1.82) is 0 Å². The van der Waals surface area contributed by atoms with Crippen LogP contribution in [0.25, 0.3) is 0 Å². The normalized spacial score (nSPS) is 29.8. The maximum atomic E-state index is 6.17. The van der Waals surface area contributed by atoms with Gasteiger partial charge in [-0.25, -0.2) is 0 Å². The molecule has 0 aromatic rings. The molecule has 2 aliphatic rings. The largest absolute Gasteiger partial charge is 0.374 e. The molecule has 0 aromatic carbocycles. The van der Waals surface area contributed by atoms with E-state index < -0.39 is 0 Å². The van der Waals surface area contributed by atoms with Crippen LogP contribution in [0.5, 0.6) is 0 Å². The molecule has 0 amide bonds. The summed E-state index contributed by atoms with van der Waals surface area (Å²) in [6.45, 7) is 9.22. The minimum Gasteiger partial charge on any atom is -0.374 e. The van der Waals surface area contributed by atoms with E-state index in [1.54, 1.807) is 0 Å². The van der Waals surface area contributed by atoms with Gasteiger partial charge in [-0.15, -0.1) is 0 Å². The lowest BCUT2D eigenvalue weighted by molar-refractivity contribution is -0.0532. The molecule has 0 aliphatic carbocycles. The summed E-state index contributed by atoms with van der Waals surface area (Å²) in [5.74, 6) is 0. The lowest BCUT2D eigenvalue weighted by Gasteiger charge is -2.36. The standard InChI is InChI=1S/C13H26N2O/c1-11(2)15-8-5-12(6-9-15)16-13-4-3-7-14-10-13/h11-14H,3-10H2,1-2H3. The molecule has 3 nitrogen and oxygen atoms in total. The summed E-state index contributed by atoms with van der Waals surface area (Å²) in [5, 5.41) is 3.42. The van der Waals surface area contributed by atoms with Gasteiger partial charge in [0.05, 0.1) is 12.2 Å². The molecular formula is C13H26N2O. The molecule has 2 saturated heterocycles. The monoisotopic (exact) mass is 226 g/mol. The smallest absolute Gasteiger partial charge is 0.0703 e. The molecule has 2 heterocycles. The highest BCUT2D eigenvalue weighted by Crippen LogP contribution is 2.19. The molecule has 0 radical (unpaired) electrons. The van der Waals surface area contributed by atoms with E-state index in [4.69, 9.17) is 4.74 Å². The Bertz CT molecular complexity index is 194. The summed E-state index contributed by atoms with van der Waals surface area (Å²) in [5.41, 5.74) is 0. The van der Waals surface area contributed by atoms with Crippen LogP contribution < -0.4 is 5.32 Å². The van der Waals surface area contributed by atoms with Gasteiger partial charge in [0, 0.05) is 25.7 Å². The van der Waals surface area contributed by atoms with Crippen LogP contribution in [0.4, 0.5) is 0 Å². The fourth-order valence-corrected chi connectivity index (χ4v) is 2.74. The van der Waals surface area contributed by atoms with Crippen LogP contribution in [0.2, 0.25) is 0 Å². The van der Waals surface area contributed by atoms with E-state index in [9.17, 15) is 0 Å². The third-order valence-electron chi connectivity index (χ3n) is 3.84. The van der Waals surface area contributed by atoms with Gasteiger partial charge in [-0.1, -0.05) is 0 Å². The van der Waals surface area contributed by atoms with Crippen LogP contribution in [0, 0.1) is 0 Å². The van der Waals surface area contributed by atoms with Crippen molar-refractivity contribution in [2.45, 2.75) is 57.8 Å². The molecule has 2 rings (SSSR count). The molecule has 1 atom stereocenters. The molecule has 1 unspecified atom stereocenters. The fraction of sp³-hybridized carbons (Fsp3) is 1.00. The SMILES string of the molecule is CC(C)N1CCC(OC2CCCNC2)CC1. The quantitative estimate of drug-likeness (QED) is 0.791. The molecule has 0 aromatic heterocycles. The molecule has 0 spiro atoms. The van der Waals surface area contributed by atoms with Crippen LogP contribution in [-0.4, -0.2) is 49.3 Å². The second-order valence-electron chi connectivity index (χ2n) is 5.43. The maximum absolute atomic E-state index is 6.17. The predicted octanol–water partition coefficient (Wildman–Crippen LogP) is 1.63. The van der Waals surface area contributed by atoms with Crippen LogP contribution in [-0.2, 0) is 4.74 Å².